The van der Waals surface area contributed by atoms with E-state index in [1.54, 1.807) is 7.11 Å². The molecule has 0 spiro atoms. The summed E-state index contributed by atoms with van der Waals surface area (Å²) in [6.45, 7) is 4.03. The average molecular weight is 363 g/mol. The molecule has 1 saturated carbocycles. The lowest BCUT2D eigenvalue weighted by Crippen LogP contribution is -2.32. The quantitative estimate of drug-likeness (QED) is 0.751. The van der Waals surface area contributed by atoms with Crippen molar-refractivity contribution in [2.45, 2.75) is 45.6 Å². The molecule has 27 heavy (non-hydrogen) atoms. The summed E-state index contributed by atoms with van der Waals surface area (Å²) in [5, 5.41) is 3.15. The highest BCUT2D eigenvalue weighted by Crippen LogP contribution is 2.29. The number of imidazole rings is 1. The van der Waals surface area contributed by atoms with Crippen molar-refractivity contribution in [3.63, 3.8) is 0 Å². The van der Waals surface area contributed by atoms with Crippen LogP contribution in [0.2, 0.25) is 0 Å². The van der Waals surface area contributed by atoms with E-state index in [9.17, 15) is 4.79 Å². The Morgan fingerprint density at radius 2 is 1.93 bits per heavy atom. The number of hydrogen-bond donors (Lipinski definition) is 1. The first-order valence-electron chi connectivity index (χ1n) is 9.52. The number of aromatic nitrogens is 2. The second-order valence-electron chi connectivity index (χ2n) is 7.33. The summed E-state index contributed by atoms with van der Waals surface area (Å²) >= 11 is 0. The van der Waals surface area contributed by atoms with Crippen LogP contribution in [0.5, 0.6) is 5.75 Å². The van der Waals surface area contributed by atoms with Crippen LogP contribution in [0.4, 0.5) is 0 Å². The Hall–Kier alpha value is -2.82. The van der Waals surface area contributed by atoms with E-state index in [1.807, 2.05) is 37.3 Å². The Labute approximate surface area is 159 Å². The third-order valence-electron chi connectivity index (χ3n) is 5.35. The van der Waals surface area contributed by atoms with Crippen LogP contribution in [0.3, 0.4) is 0 Å². The number of fused-ring (bicyclic) bond motifs is 1. The maximum Gasteiger partial charge on any atom is 0.251 e. The number of carbonyl (C=O) groups excluding carboxylic acids is 1. The second-order valence-corrected chi connectivity index (χ2v) is 7.33. The van der Waals surface area contributed by atoms with Crippen molar-refractivity contribution in [2.24, 2.45) is 0 Å². The molecule has 1 heterocycles. The van der Waals surface area contributed by atoms with Gasteiger partial charge in [-0.3, -0.25) is 9.36 Å². The predicted molar refractivity (Wildman–Crippen MR) is 107 cm³/mol. The molecule has 1 aromatic heterocycles. The third-order valence-corrected chi connectivity index (χ3v) is 5.35. The molecule has 0 unspecified atom stereocenters. The number of benzene rings is 2. The van der Waals surface area contributed by atoms with Crippen LogP contribution in [0, 0.1) is 13.8 Å². The van der Waals surface area contributed by atoms with Gasteiger partial charge in [0.2, 0.25) is 0 Å². The lowest BCUT2D eigenvalue weighted by Gasteiger charge is -2.13. The zero-order chi connectivity index (χ0) is 19.0. The first-order chi connectivity index (χ1) is 13.1. The number of methoxy groups -OCH3 is 1. The monoisotopic (exact) mass is 363 g/mol. The molecular weight excluding hydrogens is 338 g/mol. The van der Waals surface area contributed by atoms with Crippen molar-refractivity contribution < 1.29 is 9.53 Å². The zero-order valence-electron chi connectivity index (χ0n) is 16.1. The molecule has 5 nitrogen and oxygen atoms in total. The molecular formula is C22H25N3O2. The molecule has 0 atom stereocenters. The van der Waals surface area contributed by atoms with Gasteiger partial charge in [-0.25, -0.2) is 4.98 Å². The number of nitrogens with zero attached hydrogens (tertiary/aromatic N) is 2. The zero-order valence-corrected chi connectivity index (χ0v) is 16.1. The number of nitrogens with one attached hydrogen (secondary N) is 1. The van der Waals surface area contributed by atoms with Crippen molar-refractivity contribution in [1.29, 1.82) is 0 Å². The highest BCUT2D eigenvalue weighted by Gasteiger charge is 2.19. The normalized spacial score (nSPS) is 14.6. The molecule has 0 saturated heterocycles. The summed E-state index contributed by atoms with van der Waals surface area (Å²) < 4.78 is 7.63. The lowest BCUT2D eigenvalue weighted by atomic mass is 10.1. The molecule has 3 aromatic rings. The highest BCUT2D eigenvalue weighted by molar-refractivity contribution is 5.97. The van der Waals surface area contributed by atoms with Gasteiger partial charge in [0, 0.05) is 11.6 Å². The van der Waals surface area contributed by atoms with Crippen LogP contribution in [0.25, 0.3) is 16.7 Å². The minimum Gasteiger partial charge on any atom is -0.495 e. The largest absolute Gasteiger partial charge is 0.495 e. The second kappa shape index (κ2) is 7.06. The Morgan fingerprint density at radius 1 is 1.15 bits per heavy atom. The molecule has 1 fully saturated rings. The molecule has 4 rings (SSSR count). The number of rotatable bonds is 4. The highest BCUT2D eigenvalue weighted by atomic mass is 16.5. The topological polar surface area (TPSA) is 56.2 Å². The van der Waals surface area contributed by atoms with Crippen molar-refractivity contribution in [1.82, 2.24) is 14.9 Å². The standard InChI is InChI=1S/C22H25N3O2/c1-14-8-11-21(27-3)20(12-14)25-15(2)23-18-13-16(9-10-19(18)25)22(26)24-17-6-4-5-7-17/h8-13,17H,4-7H2,1-3H3,(H,24,26). The van der Waals surface area contributed by atoms with Gasteiger partial charge in [-0.2, -0.15) is 0 Å². The molecule has 1 aliphatic carbocycles. The van der Waals surface area contributed by atoms with Crippen LogP contribution in [0.1, 0.15) is 47.4 Å². The molecule has 2 aromatic carbocycles. The van der Waals surface area contributed by atoms with Crippen LogP contribution in [-0.4, -0.2) is 28.6 Å². The SMILES string of the molecule is COc1ccc(C)cc1-n1c(C)nc2cc(C(=O)NC3CCCC3)ccc21. The van der Waals surface area contributed by atoms with E-state index in [0.717, 1.165) is 46.7 Å². The molecule has 140 valence electrons. The van der Waals surface area contributed by atoms with Crippen molar-refractivity contribution >= 4 is 16.9 Å². The molecule has 0 aliphatic heterocycles. The fourth-order valence-electron chi connectivity index (χ4n) is 3.96. The van der Waals surface area contributed by atoms with Crippen molar-refractivity contribution in [2.75, 3.05) is 7.11 Å². The number of ether oxygens (including phenoxy) is 1. The van der Waals surface area contributed by atoms with Crippen LogP contribution >= 0.6 is 0 Å². The fourth-order valence-corrected chi connectivity index (χ4v) is 3.96. The van der Waals surface area contributed by atoms with Gasteiger partial charge in [-0.15, -0.1) is 0 Å². The van der Waals surface area contributed by atoms with E-state index in [1.165, 1.54) is 12.8 Å². The number of amides is 1. The predicted octanol–water partition coefficient (Wildman–Crippen LogP) is 4.32. The molecule has 1 N–H and O–H groups in total. The van der Waals surface area contributed by atoms with Crippen LogP contribution < -0.4 is 10.1 Å². The molecule has 1 amide bonds. The van der Waals surface area contributed by atoms with Gasteiger partial charge in [0.25, 0.3) is 5.91 Å². The first kappa shape index (κ1) is 17.6. The van der Waals surface area contributed by atoms with Gasteiger partial charge in [-0.05, 0) is 62.6 Å². The van der Waals surface area contributed by atoms with Crippen molar-refractivity contribution in [3.8, 4) is 11.4 Å². The van der Waals surface area contributed by atoms with E-state index >= 15 is 0 Å². The minimum absolute atomic E-state index is 0.0101. The maximum absolute atomic E-state index is 12.6. The maximum atomic E-state index is 12.6. The average Bonchev–Trinajstić information content (AvgIpc) is 3.27. The summed E-state index contributed by atoms with van der Waals surface area (Å²) in [6, 6.07) is 12.1. The Kier molecular flexibility index (Phi) is 4.60. The van der Waals surface area contributed by atoms with Gasteiger partial charge in [0.1, 0.15) is 11.6 Å². The Balaban J connectivity index is 1.73. The van der Waals surface area contributed by atoms with E-state index < -0.39 is 0 Å². The summed E-state index contributed by atoms with van der Waals surface area (Å²) in [5.74, 6) is 1.65. The van der Waals surface area contributed by atoms with E-state index in [4.69, 9.17) is 9.72 Å². The minimum atomic E-state index is -0.0101. The fraction of sp³-hybridized carbons (Fsp3) is 0.364. The number of hydrogen-bond acceptors (Lipinski definition) is 3. The molecule has 1 aliphatic rings. The van der Waals surface area contributed by atoms with Gasteiger partial charge >= 0.3 is 0 Å². The third kappa shape index (κ3) is 3.29. The summed E-state index contributed by atoms with van der Waals surface area (Å²) in [5.41, 5.74) is 4.56. The van der Waals surface area contributed by atoms with Gasteiger partial charge in [0.15, 0.2) is 0 Å². The van der Waals surface area contributed by atoms with Crippen LogP contribution in [0.15, 0.2) is 36.4 Å². The van der Waals surface area contributed by atoms with Gasteiger partial charge < -0.3 is 10.1 Å². The Bertz CT molecular complexity index is 1000. The number of aryl methyl sites for hydroxylation is 2. The summed E-state index contributed by atoms with van der Waals surface area (Å²) in [4.78, 5) is 17.3. The number of carbonyl (C=O) groups is 1. The van der Waals surface area contributed by atoms with Crippen molar-refractivity contribution in [3.05, 3.63) is 53.3 Å². The molecule has 5 heteroatoms. The summed E-state index contributed by atoms with van der Waals surface area (Å²) in [6.07, 6.45) is 4.56. The first-order valence-corrected chi connectivity index (χ1v) is 9.52. The summed E-state index contributed by atoms with van der Waals surface area (Å²) in [7, 11) is 1.67. The lowest BCUT2D eigenvalue weighted by molar-refractivity contribution is 0.0938. The molecule has 0 radical (unpaired) electrons. The molecule has 0 bridgehead atoms. The van der Waals surface area contributed by atoms with Gasteiger partial charge in [-0.1, -0.05) is 18.9 Å². The smallest absolute Gasteiger partial charge is 0.251 e. The van der Waals surface area contributed by atoms with E-state index in [0.29, 0.717) is 11.6 Å². The Morgan fingerprint density at radius 3 is 2.67 bits per heavy atom. The van der Waals surface area contributed by atoms with E-state index in [2.05, 4.69) is 22.9 Å². The van der Waals surface area contributed by atoms with E-state index in [-0.39, 0.29) is 5.91 Å². The van der Waals surface area contributed by atoms with Gasteiger partial charge in [0.05, 0.1) is 23.8 Å². The van der Waals surface area contributed by atoms with Crippen LogP contribution in [-0.2, 0) is 0 Å².